The van der Waals surface area contributed by atoms with Gasteiger partial charge in [0, 0.05) is 0 Å². The van der Waals surface area contributed by atoms with Gasteiger partial charge in [-0.1, -0.05) is 42.5 Å². The molecule has 0 bridgehead atoms. The number of hydrogen-bond acceptors (Lipinski definition) is 3. The number of hydrogen-bond donors (Lipinski definition) is 2. The van der Waals surface area contributed by atoms with Crippen molar-refractivity contribution in [1.29, 1.82) is 0 Å². The zero-order chi connectivity index (χ0) is 14.4. The fraction of sp³-hybridized carbons (Fsp3) is 0.188. The van der Waals surface area contributed by atoms with Crippen molar-refractivity contribution in [2.75, 3.05) is 7.05 Å². The van der Waals surface area contributed by atoms with Crippen molar-refractivity contribution < 1.29 is 9.53 Å². The maximum Gasteiger partial charge on any atom is 0.239 e. The molecule has 0 aliphatic heterocycles. The number of benzene rings is 2. The van der Waals surface area contributed by atoms with E-state index in [0.717, 1.165) is 16.9 Å². The lowest BCUT2D eigenvalue weighted by Crippen LogP contribution is -2.31. The van der Waals surface area contributed by atoms with Crippen molar-refractivity contribution in [2.24, 2.45) is 5.73 Å². The molecule has 0 spiro atoms. The van der Waals surface area contributed by atoms with Gasteiger partial charge in [-0.25, -0.2) is 0 Å². The molecule has 4 heteroatoms. The lowest BCUT2D eigenvalue weighted by Gasteiger charge is -2.13. The second-order valence-corrected chi connectivity index (χ2v) is 4.47. The van der Waals surface area contributed by atoms with E-state index in [2.05, 4.69) is 5.32 Å². The van der Waals surface area contributed by atoms with E-state index in [4.69, 9.17) is 10.5 Å². The van der Waals surface area contributed by atoms with Crippen molar-refractivity contribution in [3.8, 4) is 5.75 Å². The first-order valence-corrected chi connectivity index (χ1v) is 6.44. The molecule has 1 atom stereocenters. The van der Waals surface area contributed by atoms with Crippen LogP contribution in [0.15, 0.2) is 54.6 Å². The Kier molecular flexibility index (Phi) is 4.74. The van der Waals surface area contributed by atoms with Crippen molar-refractivity contribution in [1.82, 2.24) is 5.32 Å². The standard InChI is InChI=1S/C16H18N2O2/c1-18-15(16(17)19)13-7-9-14(10-8-13)20-11-12-5-3-2-4-6-12/h2-10,15,18H,11H2,1H3,(H2,17,19). The van der Waals surface area contributed by atoms with Gasteiger partial charge in [-0.15, -0.1) is 0 Å². The average Bonchev–Trinajstić information content (AvgIpc) is 2.48. The maximum absolute atomic E-state index is 11.3. The van der Waals surface area contributed by atoms with Crippen LogP contribution in [0.4, 0.5) is 0 Å². The highest BCUT2D eigenvalue weighted by Crippen LogP contribution is 2.18. The molecule has 2 rings (SSSR count). The monoisotopic (exact) mass is 270 g/mol. The van der Waals surface area contributed by atoms with Crippen LogP contribution in [-0.4, -0.2) is 13.0 Å². The minimum atomic E-state index is -0.474. The summed E-state index contributed by atoms with van der Waals surface area (Å²) < 4.78 is 5.68. The van der Waals surface area contributed by atoms with E-state index in [0.29, 0.717) is 6.61 Å². The molecule has 20 heavy (non-hydrogen) atoms. The molecule has 0 fully saturated rings. The fourth-order valence-electron chi connectivity index (χ4n) is 1.97. The number of nitrogens with two attached hydrogens (primary N) is 1. The summed E-state index contributed by atoms with van der Waals surface area (Å²) in [5, 5.41) is 2.88. The van der Waals surface area contributed by atoms with Gasteiger partial charge >= 0.3 is 0 Å². The Morgan fingerprint density at radius 2 is 1.80 bits per heavy atom. The summed E-state index contributed by atoms with van der Waals surface area (Å²) >= 11 is 0. The van der Waals surface area contributed by atoms with Gasteiger partial charge in [-0.3, -0.25) is 4.79 Å². The molecule has 1 amide bonds. The maximum atomic E-state index is 11.3. The molecule has 0 aromatic heterocycles. The Hall–Kier alpha value is -2.33. The molecular formula is C16H18N2O2. The predicted molar refractivity (Wildman–Crippen MR) is 78.2 cm³/mol. The minimum absolute atomic E-state index is 0.398. The third-order valence-electron chi connectivity index (χ3n) is 3.03. The Labute approximate surface area is 118 Å². The summed E-state index contributed by atoms with van der Waals surface area (Å²) in [4.78, 5) is 11.3. The number of carbonyl (C=O) groups is 1. The van der Waals surface area contributed by atoms with E-state index in [-0.39, 0.29) is 0 Å². The van der Waals surface area contributed by atoms with Crippen molar-refractivity contribution in [3.05, 3.63) is 65.7 Å². The molecule has 104 valence electrons. The third-order valence-corrected chi connectivity index (χ3v) is 3.03. The Balaban J connectivity index is 2.00. The Bertz CT molecular complexity index is 552. The van der Waals surface area contributed by atoms with Crippen LogP contribution in [0.3, 0.4) is 0 Å². The summed E-state index contributed by atoms with van der Waals surface area (Å²) in [5.41, 5.74) is 7.26. The van der Waals surface area contributed by atoms with E-state index in [9.17, 15) is 4.79 Å². The van der Waals surface area contributed by atoms with Crippen LogP contribution in [0.1, 0.15) is 17.2 Å². The van der Waals surface area contributed by atoms with Crippen LogP contribution < -0.4 is 15.8 Å². The molecular weight excluding hydrogens is 252 g/mol. The quantitative estimate of drug-likeness (QED) is 0.844. The van der Waals surface area contributed by atoms with Crippen LogP contribution >= 0.6 is 0 Å². The largest absolute Gasteiger partial charge is 0.489 e. The normalized spacial score (nSPS) is 11.8. The van der Waals surface area contributed by atoms with E-state index in [1.54, 1.807) is 7.05 Å². The zero-order valence-electron chi connectivity index (χ0n) is 11.4. The van der Waals surface area contributed by atoms with E-state index >= 15 is 0 Å². The van der Waals surface area contributed by atoms with Crippen LogP contribution in [-0.2, 0) is 11.4 Å². The number of ether oxygens (including phenoxy) is 1. The Morgan fingerprint density at radius 3 is 2.35 bits per heavy atom. The van der Waals surface area contributed by atoms with Crippen LogP contribution in [0, 0.1) is 0 Å². The molecule has 0 saturated heterocycles. The first-order chi connectivity index (χ1) is 9.70. The van der Waals surface area contributed by atoms with Crippen molar-refractivity contribution in [2.45, 2.75) is 12.6 Å². The highest BCUT2D eigenvalue weighted by molar-refractivity contribution is 5.81. The van der Waals surface area contributed by atoms with Crippen LogP contribution in [0.5, 0.6) is 5.75 Å². The molecule has 4 nitrogen and oxygen atoms in total. The minimum Gasteiger partial charge on any atom is -0.489 e. The van der Waals surface area contributed by atoms with Crippen LogP contribution in [0.2, 0.25) is 0 Å². The van der Waals surface area contributed by atoms with Crippen molar-refractivity contribution >= 4 is 5.91 Å². The fourth-order valence-corrected chi connectivity index (χ4v) is 1.97. The smallest absolute Gasteiger partial charge is 0.239 e. The number of carbonyl (C=O) groups excluding carboxylic acids is 1. The van der Waals surface area contributed by atoms with Gasteiger partial charge in [-0.2, -0.15) is 0 Å². The van der Waals surface area contributed by atoms with E-state index < -0.39 is 11.9 Å². The number of nitrogens with one attached hydrogen (secondary N) is 1. The highest BCUT2D eigenvalue weighted by Gasteiger charge is 2.14. The zero-order valence-corrected chi connectivity index (χ0v) is 11.4. The molecule has 3 N–H and O–H groups in total. The molecule has 0 saturated carbocycles. The summed E-state index contributed by atoms with van der Waals surface area (Å²) in [6.07, 6.45) is 0. The first-order valence-electron chi connectivity index (χ1n) is 6.44. The third kappa shape index (κ3) is 3.59. The summed E-state index contributed by atoms with van der Waals surface area (Å²) in [5.74, 6) is 0.363. The number of primary amides is 1. The second-order valence-electron chi connectivity index (χ2n) is 4.47. The number of rotatable bonds is 6. The predicted octanol–water partition coefficient (Wildman–Crippen LogP) is 2.01. The van der Waals surface area contributed by atoms with Gasteiger partial charge in [0.15, 0.2) is 0 Å². The summed E-state index contributed by atoms with van der Waals surface area (Å²) in [6.45, 7) is 0.519. The van der Waals surface area contributed by atoms with E-state index in [1.807, 2.05) is 54.6 Å². The molecule has 0 heterocycles. The highest BCUT2D eigenvalue weighted by atomic mass is 16.5. The first kappa shape index (κ1) is 14.1. The number of amides is 1. The molecule has 0 radical (unpaired) electrons. The van der Waals surface area contributed by atoms with Gasteiger partial charge in [0.25, 0.3) is 0 Å². The average molecular weight is 270 g/mol. The van der Waals surface area contributed by atoms with Gasteiger partial charge in [-0.05, 0) is 30.3 Å². The SMILES string of the molecule is CNC(C(N)=O)c1ccc(OCc2ccccc2)cc1. The molecule has 2 aromatic carbocycles. The molecule has 2 aromatic rings. The van der Waals surface area contributed by atoms with Crippen molar-refractivity contribution in [3.63, 3.8) is 0 Å². The molecule has 0 aliphatic rings. The second kappa shape index (κ2) is 6.73. The van der Waals surface area contributed by atoms with Gasteiger partial charge < -0.3 is 15.8 Å². The lowest BCUT2D eigenvalue weighted by molar-refractivity contribution is -0.120. The van der Waals surface area contributed by atoms with Crippen LogP contribution in [0.25, 0.3) is 0 Å². The topological polar surface area (TPSA) is 64.3 Å². The van der Waals surface area contributed by atoms with Gasteiger partial charge in [0.2, 0.25) is 5.91 Å². The van der Waals surface area contributed by atoms with Gasteiger partial charge in [0.05, 0.1) is 0 Å². The number of likely N-dealkylation sites (N-methyl/N-ethyl adjacent to an activating group) is 1. The summed E-state index contributed by atoms with van der Waals surface area (Å²) in [7, 11) is 1.70. The van der Waals surface area contributed by atoms with Gasteiger partial charge in [0.1, 0.15) is 18.4 Å². The molecule has 1 unspecified atom stereocenters. The lowest BCUT2D eigenvalue weighted by atomic mass is 10.1. The van der Waals surface area contributed by atoms with E-state index in [1.165, 1.54) is 0 Å². The molecule has 0 aliphatic carbocycles. The Morgan fingerprint density at radius 1 is 1.15 bits per heavy atom. The summed E-state index contributed by atoms with van der Waals surface area (Å²) in [6, 6.07) is 16.8.